The maximum absolute atomic E-state index is 13.8. The van der Waals surface area contributed by atoms with Crippen LogP contribution in [-0.2, 0) is 20.7 Å². The molecule has 0 saturated heterocycles. The molecule has 0 spiro atoms. The summed E-state index contributed by atoms with van der Waals surface area (Å²) in [6.45, 7) is 7.33. The highest BCUT2D eigenvalue weighted by atomic mass is 16.5. The summed E-state index contributed by atoms with van der Waals surface area (Å²) in [4.78, 5) is 31.5. The molecular formula is C33H49N4O4+. The number of pyridine rings is 1. The Hall–Kier alpha value is -2.71. The minimum absolute atomic E-state index is 0.0342. The summed E-state index contributed by atoms with van der Waals surface area (Å²) in [7, 11) is 4.19. The van der Waals surface area contributed by atoms with Crippen LogP contribution in [0, 0.1) is 23.2 Å². The number of rotatable bonds is 13. The van der Waals surface area contributed by atoms with Gasteiger partial charge in [-0.3, -0.25) is 9.59 Å². The minimum Gasteiger partial charge on any atom is -0.471 e. The molecule has 8 heteroatoms. The van der Waals surface area contributed by atoms with Crippen LogP contribution in [-0.4, -0.2) is 66.3 Å². The van der Waals surface area contributed by atoms with Crippen molar-refractivity contribution in [2.24, 2.45) is 34.6 Å². The van der Waals surface area contributed by atoms with Gasteiger partial charge in [0.25, 0.3) is 5.91 Å². The third-order valence-electron chi connectivity index (χ3n) is 10.9. The number of likely N-dealkylation sites (N-methyl/N-ethyl adjacent to an activating group) is 1. The van der Waals surface area contributed by atoms with Crippen molar-refractivity contribution < 1.29 is 23.5 Å². The number of ether oxygens (including phenoxy) is 2. The van der Waals surface area contributed by atoms with Crippen molar-refractivity contribution >= 4 is 22.6 Å². The van der Waals surface area contributed by atoms with Gasteiger partial charge in [0.05, 0.1) is 37.6 Å². The fraction of sp³-hybridized carbons (Fsp3) is 0.667. The normalized spacial score (nSPS) is 31.3. The van der Waals surface area contributed by atoms with E-state index in [2.05, 4.69) is 47.0 Å². The molecule has 7 atom stereocenters. The first-order valence-electron chi connectivity index (χ1n) is 15.6. The molecule has 4 bridgehead atoms. The second-order valence-corrected chi connectivity index (χ2v) is 13.6. The summed E-state index contributed by atoms with van der Waals surface area (Å²) < 4.78 is 13.5. The van der Waals surface area contributed by atoms with Gasteiger partial charge in [-0.1, -0.05) is 38.5 Å². The molecule has 1 aromatic carbocycles. The lowest BCUT2D eigenvalue weighted by atomic mass is 9.41. The number of aromatic nitrogens is 1. The van der Waals surface area contributed by atoms with Gasteiger partial charge in [-0.05, 0) is 75.3 Å². The molecule has 4 aliphatic rings. The first kappa shape index (κ1) is 29.8. The zero-order chi connectivity index (χ0) is 29.6. The summed E-state index contributed by atoms with van der Waals surface area (Å²) in [6.07, 6.45) is 6.64. The summed E-state index contributed by atoms with van der Waals surface area (Å²) in [5, 5.41) is 2.11. The summed E-state index contributed by atoms with van der Waals surface area (Å²) >= 11 is 0. The van der Waals surface area contributed by atoms with E-state index in [1.165, 1.54) is 0 Å². The van der Waals surface area contributed by atoms with E-state index in [0.717, 1.165) is 55.0 Å². The number of carbonyl (C=O) groups is 2. The highest BCUT2D eigenvalue weighted by Gasteiger charge is 2.75. The average molecular weight is 566 g/mol. The molecule has 0 aliphatic heterocycles. The molecule has 4 fully saturated rings. The number of quaternary nitrogens is 1. The van der Waals surface area contributed by atoms with Crippen LogP contribution in [0.4, 0.5) is 0 Å². The number of benzene rings is 1. The van der Waals surface area contributed by atoms with E-state index in [-0.39, 0.29) is 41.8 Å². The SMILES string of the molecule is CCCCc1cc2ccccc2c(OCC[N+](C)(C)C2(C(N)=O)C3CC4CC(C(N)=O)(C3)CC2C4OC(C)CC)n1. The predicted molar refractivity (Wildman–Crippen MR) is 160 cm³/mol. The number of amides is 2. The number of carbonyl (C=O) groups excluding carboxylic acids is 2. The zero-order valence-electron chi connectivity index (χ0n) is 25.5. The van der Waals surface area contributed by atoms with Crippen LogP contribution < -0.4 is 16.2 Å². The fourth-order valence-corrected chi connectivity index (χ4v) is 8.78. The molecule has 1 aromatic heterocycles. The number of hydrogen-bond acceptors (Lipinski definition) is 5. The molecule has 6 rings (SSSR count). The molecule has 2 amide bonds. The van der Waals surface area contributed by atoms with Crippen molar-refractivity contribution in [1.29, 1.82) is 0 Å². The Labute approximate surface area is 244 Å². The van der Waals surface area contributed by atoms with Crippen LogP contribution in [0.3, 0.4) is 0 Å². The van der Waals surface area contributed by atoms with Gasteiger partial charge in [0, 0.05) is 17.0 Å². The molecule has 41 heavy (non-hydrogen) atoms. The van der Waals surface area contributed by atoms with Crippen LogP contribution in [0.5, 0.6) is 5.88 Å². The zero-order valence-corrected chi connectivity index (χ0v) is 25.5. The Kier molecular flexibility index (Phi) is 8.11. The third-order valence-corrected chi connectivity index (χ3v) is 10.9. The van der Waals surface area contributed by atoms with E-state index < -0.39 is 11.0 Å². The number of aryl methyl sites for hydroxylation is 1. The molecule has 4 N–H and O–H groups in total. The van der Waals surface area contributed by atoms with Gasteiger partial charge >= 0.3 is 0 Å². The van der Waals surface area contributed by atoms with Crippen molar-refractivity contribution in [2.75, 3.05) is 27.2 Å². The quantitative estimate of drug-likeness (QED) is 0.350. The largest absolute Gasteiger partial charge is 0.471 e. The van der Waals surface area contributed by atoms with Crippen molar-refractivity contribution in [3.8, 4) is 5.88 Å². The summed E-state index contributed by atoms with van der Waals surface area (Å²) in [5.41, 5.74) is 12.0. The number of hydrogen-bond donors (Lipinski definition) is 2. The lowest BCUT2D eigenvalue weighted by Crippen LogP contribution is -2.82. The van der Waals surface area contributed by atoms with Gasteiger partial charge in [0.2, 0.25) is 11.8 Å². The highest BCUT2D eigenvalue weighted by Crippen LogP contribution is 2.66. The second kappa shape index (κ2) is 11.2. The number of nitrogens with zero attached hydrogens (tertiary/aromatic N) is 2. The first-order chi connectivity index (χ1) is 19.5. The Morgan fingerprint density at radius 2 is 1.88 bits per heavy atom. The van der Waals surface area contributed by atoms with Gasteiger partial charge in [0.1, 0.15) is 13.2 Å². The van der Waals surface area contributed by atoms with Gasteiger partial charge in [-0.2, -0.15) is 0 Å². The Bertz CT molecular complexity index is 1300. The van der Waals surface area contributed by atoms with Crippen LogP contribution >= 0.6 is 0 Å². The third kappa shape index (κ3) is 4.91. The summed E-state index contributed by atoms with van der Waals surface area (Å²) in [6, 6.07) is 10.3. The van der Waals surface area contributed by atoms with Crippen LogP contribution in [0.1, 0.15) is 71.4 Å². The van der Waals surface area contributed by atoms with E-state index in [1.807, 2.05) is 18.2 Å². The van der Waals surface area contributed by atoms with Crippen molar-refractivity contribution in [3.63, 3.8) is 0 Å². The minimum atomic E-state index is -0.879. The first-order valence-corrected chi connectivity index (χ1v) is 15.6. The maximum atomic E-state index is 13.8. The van der Waals surface area contributed by atoms with Gasteiger partial charge in [0.15, 0.2) is 5.54 Å². The van der Waals surface area contributed by atoms with Crippen LogP contribution in [0.15, 0.2) is 30.3 Å². The number of unbranched alkanes of at least 4 members (excludes halogenated alkanes) is 1. The Balaban J connectivity index is 1.45. The molecule has 4 aliphatic carbocycles. The van der Waals surface area contributed by atoms with Gasteiger partial charge in [-0.25, -0.2) is 4.98 Å². The topological polar surface area (TPSA) is 118 Å². The molecule has 8 nitrogen and oxygen atoms in total. The molecular weight excluding hydrogens is 516 g/mol. The highest BCUT2D eigenvalue weighted by molar-refractivity contribution is 5.88. The Morgan fingerprint density at radius 1 is 1.12 bits per heavy atom. The van der Waals surface area contributed by atoms with Gasteiger partial charge in [-0.15, -0.1) is 0 Å². The van der Waals surface area contributed by atoms with Crippen LogP contribution in [0.25, 0.3) is 10.8 Å². The van der Waals surface area contributed by atoms with E-state index in [9.17, 15) is 9.59 Å². The molecule has 0 radical (unpaired) electrons. The average Bonchev–Trinajstić information content (AvgIpc) is 2.93. The lowest BCUT2D eigenvalue weighted by Gasteiger charge is -2.68. The number of nitrogens with two attached hydrogens (primary N) is 2. The van der Waals surface area contributed by atoms with E-state index >= 15 is 0 Å². The van der Waals surface area contributed by atoms with Crippen LogP contribution in [0.2, 0.25) is 0 Å². The smallest absolute Gasteiger partial charge is 0.279 e. The van der Waals surface area contributed by atoms with E-state index in [4.69, 9.17) is 25.9 Å². The molecule has 2 aromatic rings. The van der Waals surface area contributed by atoms with E-state index in [0.29, 0.717) is 36.4 Å². The number of primary amides is 2. The second-order valence-electron chi connectivity index (χ2n) is 13.6. The Morgan fingerprint density at radius 3 is 2.56 bits per heavy atom. The van der Waals surface area contributed by atoms with Gasteiger partial charge < -0.3 is 25.4 Å². The van der Waals surface area contributed by atoms with Crippen molar-refractivity contribution in [3.05, 3.63) is 36.0 Å². The molecule has 1 heterocycles. The molecule has 224 valence electrons. The molecule has 7 unspecified atom stereocenters. The monoisotopic (exact) mass is 565 g/mol. The standard InChI is InChI=1S/C33H48N4O4/c1-6-8-12-25-17-22-11-9-10-13-26(22)29(36-25)40-15-14-37(4,5)33(31(35)39)24-16-23-18-32(19-24,30(34)38)20-27(33)28(23)41-21(3)7-2/h9-11,13,17,21,23-24,27-28H,6-8,12,14-16,18-20H2,1-5H3,(H3-,34,35,38,39)/p+1. The maximum Gasteiger partial charge on any atom is 0.279 e. The summed E-state index contributed by atoms with van der Waals surface area (Å²) in [5.74, 6) is 0.0787. The predicted octanol–water partition coefficient (Wildman–Crippen LogP) is 4.36. The fourth-order valence-electron chi connectivity index (χ4n) is 8.78. The number of fused-ring (bicyclic) bond motifs is 1. The molecule has 4 saturated carbocycles. The van der Waals surface area contributed by atoms with Crippen molar-refractivity contribution in [1.82, 2.24) is 4.98 Å². The van der Waals surface area contributed by atoms with Crippen molar-refractivity contribution in [2.45, 2.75) is 89.9 Å². The van der Waals surface area contributed by atoms with E-state index in [1.54, 1.807) is 0 Å². The lowest BCUT2D eigenvalue weighted by molar-refractivity contribution is -0.944.